The Bertz CT molecular complexity index is 1560. The number of halogens is 1. The Balaban J connectivity index is 1.71. The van der Waals surface area contributed by atoms with Gasteiger partial charge in [-0.1, -0.05) is 17.7 Å². The lowest BCUT2D eigenvalue weighted by Gasteiger charge is -2.29. The summed E-state index contributed by atoms with van der Waals surface area (Å²) in [6, 6.07) is 16.4. The highest BCUT2D eigenvalue weighted by Gasteiger charge is 2.43. The average molecular weight is 550 g/mol. The van der Waals surface area contributed by atoms with Crippen molar-refractivity contribution in [2.24, 2.45) is 0 Å². The van der Waals surface area contributed by atoms with Crippen LogP contribution in [0.1, 0.15) is 34.7 Å². The summed E-state index contributed by atoms with van der Waals surface area (Å²) in [7, 11) is 1.48. The Morgan fingerprint density at radius 2 is 1.92 bits per heavy atom. The van der Waals surface area contributed by atoms with Crippen LogP contribution >= 0.6 is 23.8 Å². The van der Waals surface area contributed by atoms with Crippen LogP contribution in [0.5, 0.6) is 11.5 Å². The van der Waals surface area contributed by atoms with Crippen molar-refractivity contribution in [2.75, 3.05) is 12.0 Å². The fourth-order valence-corrected chi connectivity index (χ4v) is 5.55. The molecule has 4 aromatic rings. The molecule has 0 saturated carbocycles. The molecule has 2 aromatic heterocycles. The van der Waals surface area contributed by atoms with Crippen LogP contribution in [0, 0.1) is 24.0 Å². The first kappa shape index (κ1) is 25.5. The number of nitro groups is 1. The zero-order chi connectivity index (χ0) is 27.1. The third-order valence-electron chi connectivity index (χ3n) is 6.70. The monoisotopic (exact) mass is 549 g/mol. The van der Waals surface area contributed by atoms with Gasteiger partial charge in [-0.25, -0.2) is 0 Å². The van der Waals surface area contributed by atoms with E-state index in [9.17, 15) is 15.2 Å². The van der Waals surface area contributed by atoms with E-state index in [4.69, 9.17) is 28.6 Å². The number of aryl methyl sites for hydroxylation is 1. The molecule has 3 heterocycles. The van der Waals surface area contributed by atoms with Gasteiger partial charge in [0, 0.05) is 28.7 Å². The van der Waals surface area contributed by atoms with Gasteiger partial charge in [0.05, 0.1) is 47.3 Å². The van der Waals surface area contributed by atoms with Crippen molar-refractivity contribution in [2.45, 2.75) is 25.9 Å². The molecule has 2 atom stereocenters. The van der Waals surface area contributed by atoms with Gasteiger partial charge in [0.15, 0.2) is 5.11 Å². The number of aromatic nitrogens is 2. The molecule has 2 N–H and O–H groups in total. The molecule has 9 nitrogen and oxygen atoms in total. The van der Waals surface area contributed by atoms with Crippen LogP contribution in [0.15, 0.2) is 66.9 Å². The molecular formula is C27H24ClN5O4S. The molecular weight excluding hydrogens is 526 g/mol. The summed E-state index contributed by atoms with van der Waals surface area (Å²) in [6.07, 6.45) is 1.72. The topological polar surface area (TPSA) is 106 Å². The van der Waals surface area contributed by atoms with Crippen molar-refractivity contribution in [1.29, 1.82) is 0 Å². The number of nitro benzene ring substituents is 1. The predicted octanol–water partition coefficient (Wildman–Crippen LogP) is 5.94. The first-order chi connectivity index (χ1) is 18.2. The molecule has 5 rings (SSSR count). The number of pyridine rings is 1. The largest absolute Gasteiger partial charge is 0.506 e. The number of rotatable bonds is 6. The molecule has 1 fully saturated rings. The molecule has 0 bridgehead atoms. The minimum Gasteiger partial charge on any atom is -0.506 e. The van der Waals surface area contributed by atoms with E-state index in [1.165, 1.54) is 25.3 Å². The number of non-ortho nitro benzene ring substituents is 1. The number of methoxy groups -OCH3 is 1. The lowest BCUT2D eigenvalue weighted by Crippen LogP contribution is -2.29. The van der Waals surface area contributed by atoms with Gasteiger partial charge in [-0.05, 0) is 74.1 Å². The van der Waals surface area contributed by atoms with Gasteiger partial charge >= 0.3 is 0 Å². The van der Waals surface area contributed by atoms with Crippen molar-refractivity contribution in [1.82, 2.24) is 14.9 Å². The van der Waals surface area contributed by atoms with Crippen LogP contribution in [0.2, 0.25) is 5.02 Å². The molecule has 38 heavy (non-hydrogen) atoms. The smallest absolute Gasteiger partial charge is 0.273 e. The molecule has 2 aromatic carbocycles. The second kappa shape index (κ2) is 9.96. The second-order valence-corrected chi connectivity index (χ2v) is 9.73. The molecule has 0 aliphatic carbocycles. The highest BCUT2D eigenvalue weighted by molar-refractivity contribution is 7.80. The Labute approximate surface area is 229 Å². The van der Waals surface area contributed by atoms with Crippen LogP contribution in [0.3, 0.4) is 0 Å². The summed E-state index contributed by atoms with van der Waals surface area (Å²) in [5.74, 6) is 0.411. The summed E-state index contributed by atoms with van der Waals surface area (Å²) in [5, 5.41) is 26.4. The number of anilines is 1. The first-order valence-corrected chi connectivity index (χ1v) is 12.5. The van der Waals surface area contributed by atoms with E-state index >= 15 is 0 Å². The third-order valence-corrected chi connectivity index (χ3v) is 7.25. The number of nitrogens with zero attached hydrogens (tertiary/aromatic N) is 4. The number of aromatic hydroxyl groups is 1. The van der Waals surface area contributed by atoms with E-state index in [0.717, 1.165) is 22.6 Å². The van der Waals surface area contributed by atoms with Crippen LogP contribution in [-0.2, 0) is 0 Å². The van der Waals surface area contributed by atoms with Crippen molar-refractivity contribution in [3.63, 3.8) is 0 Å². The van der Waals surface area contributed by atoms with Crippen molar-refractivity contribution < 1.29 is 14.8 Å². The van der Waals surface area contributed by atoms with Crippen LogP contribution in [0.25, 0.3) is 5.69 Å². The molecule has 0 unspecified atom stereocenters. The molecule has 1 saturated heterocycles. The van der Waals surface area contributed by atoms with E-state index < -0.39 is 11.0 Å². The summed E-state index contributed by atoms with van der Waals surface area (Å²) in [6.45, 7) is 3.92. The third kappa shape index (κ3) is 4.31. The number of hydrogen-bond acceptors (Lipinski definition) is 6. The molecule has 0 amide bonds. The maximum atomic E-state index is 11.3. The Morgan fingerprint density at radius 1 is 1.13 bits per heavy atom. The van der Waals surface area contributed by atoms with Crippen LogP contribution < -0.4 is 15.0 Å². The zero-order valence-electron chi connectivity index (χ0n) is 20.8. The van der Waals surface area contributed by atoms with E-state index in [1.54, 1.807) is 24.4 Å². The van der Waals surface area contributed by atoms with Gasteiger partial charge in [0.2, 0.25) is 0 Å². The van der Waals surface area contributed by atoms with Crippen molar-refractivity contribution >= 4 is 40.3 Å². The van der Waals surface area contributed by atoms with Crippen molar-refractivity contribution in [3.05, 3.63) is 105 Å². The minimum absolute atomic E-state index is 0.0380. The van der Waals surface area contributed by atoms with Gasteiger partial charge in [-0.15, -0.1) is 0 Å². The standard InChI is InChI=1S/C27H24ClN5O4S/c1-15-12-19(16(2)31(15)21-9-8-18(33(35)36)14-24(21)37-3)26-25(20-6-4-5-11-29-20)30-27(38)32(26)22-13-17(28)7-10-23(22)34/h4-14,25-26,34H,1-3H3,(H,30,38)/t25-,26-/m1/s1. The van der Waals surface area contributed by atoms with Crippen molar-refractivity contribution in [3.8, 4) is 17.2 Å². The molecule has 1 aliphatic heterocycles. The number of phenols is 1. The molecule has 11 heteroatoms. The number of benzene rings is 2. The lowest BCUT2D eigenvalue weighted by molar-refractivity contribution is -0.384. The number of nitrogens with one attached hydrogen (secondary N) is 1. The lowest BCUT2D eigenvalue weighted by atomic mass is 9.96. The molecule has 194 valence electrons. The predicted molar refractivity (Wildman–Crippen MR) is 149 cm³/mol. The van der Waals surface area contributed by atoms with E-state index in [2.05, 4.69) is 10.3 Å². The normalized spacial score (nSPS) is 16.9. The maximum Gasteiger partial charge on any atom is 0.273 e. The van der Waals surface area contributed by atoms with Gasteiger partial charge in [0.25, 0.3) is 5.69 Å². The summed E-state index contributed by atoms with van der Waals surface area (Å²) in [4.78, 5) is 17.3. The SMILES string of the molecule is COc1cc([N+](=O)[O-])ccc1-n1c(C)cc([C@@H]2[C@@H](c3ccccn3)NC(=S)N2c2cc(Cl)ccc2O)c1C. The van der Waals surface area contributed by atoms with E-state index in [0.29, 0.717) is 27.3 Å². The quantitative estimate of drug-likeness (QED) is 0.173. The van der Waals surface area contributed by atoms with Crippen LogP contribution in [0.4, 0.5) is 11.4 Å². The minimum atomic E-state index is -0.453. The highest BCUT2D eigenvalue weighted by atomic mass is 35.5. The highest BCUT2D eigenvalue weighted by Crippen LogP contribution is 2.47. The van der Waals surface area contributed by atoms with Gasteiger partial charge in [-0.3, -0.25) is 15.1 Å². The van der Waals surface area contributed by atoms with E-state index in [1.807, 2.05) is 47.6 Å². The molecule has 0 spiro atoms. The fourth-order valence-electron chi connectivity index (χ4n) is 5.04. The Kier molecular flexibility index (Phi) is 6.68. The number of thiocarbonyl (C=S) groups is 1. The Hall–Kier alpha value is -4.15. The summed E-state index contributed by atoms with van der Waals surface area (Å²) in [5.41, 5.74) is 4.54. The van der Waals surface area contributed by atoms with Gasteiger partial charge < -0.3 is 24.6 Å². The average Bonchev–Trinajstić information content (AvgIpc) is 3.40. The van der Waals surface area contributed by atoms with Crippen LogP contribution in [-0.4, -0.2) is 31.8 Å². The number of ether oxygens (including phenoxy) is 1. The van der Waals surface area contributed by atoms with E-state index in [-0.39, 0.29) is 17.5 Å². The Morgan fingerprint density at radius 3 is 2.61 bits per heavy atom. The fraction of sp³-hybridized carbons (Fsp3) is 0.185. The summed E-state index contributed by atoms with van der Waals surface area (Å²) < 4.78 is 7.53. The van der Waals surface area contributed by atoms with Gasteiger partial charge in [0.1, 0.15) is 11.5 Å². The molecule has 0 radical (unpaired) electrons. The first-order valence-electron chi connectivity index (χ1n) is 11.7. The van der Waals surface area contributed by atoms with Gasteiger partial charge in [-0.2, -0.15) is 0 Å². The zero-order valence-corrected chi connectivity index (χ0v) is 22.3. The maximum absolute atomic E-state index is 11.3. The number of hydrogen-bond donors (Lipinski definition) is 2. The summed E-state index contributed by atoms with van der Waals surface area (Å²) >= 11 is 12.1. The second-order valence-electron chi connectivity index (χ2n) is 8.90. The molecule has 1 aliphatic rings. The number of phenolic OH excluding ortho intramolecular Hbond substituents is 1.